The molecular weight excluding hydrogens is 180 g/mol. The standard InChI is InChI=1S/C15H24/c1-10-7-12-8-14(3,4)9-15(12)11(2)5-6-13(10)15/h7,11-13H,5-6,8-9H2,1-4H3/t11-,12?,13+,15?/m0/s1. The van der Waals surface area contributed by atoms with Gasteiger partial charge in [0, 0.05) is 0 Å². The van der Waals surface area contributed by atoms with E-state index in [-0.39, 0.29) is 0 Å². The molecule has 3 rings (SSSR count). The van der Waals surface area contributed by atoms with Crippen molar-refractivity contribution in [2.75, 3.05) is 0 Å². The molecule has 1 spiro atoms. The van der Waals surface area contributed by atoms with Crippen molar-refractivity contribution in [2.45, 2.75) is 53.4 Å². The summed E-state index contributed by atoms with van der Waals surface area (Å²) >= 11 is 0. The first kappa shape index (κ1) is 9.93. The molecule has 2 saturated carbocycles. The highest BCUT2D eigenvalue weighted by Gasteiger charge is 2.61. The summed E-state index contributed by atoms with van der Waals surface area (Å²) in [5.74, 6) is 2.82. The van der Waals surface area contributed by atoms with Gasteiger partial charge in [-0.25, -0.2) is 0 Å². The zero-order valence-electron chi connectivity index (χ0n) is 10.6. The number of hydrogen-bond donors (Lipinski definition) is 0. The molecule has 0 amide bonds. The lowest BCUT2D eigenvalue weighted by atomic mass is 9.67. The van der Waals surface area contributed by atoms with Crippen LogP contribution in [0.2, 0.25) is 0 Å². The molecule has 0 aromatic carbocycles. The summed E-state index contributed by atoms with van der Waals surface area (Å²) in [5.41, 5.74) is 3.01. The predicted molar refractivity (Wildman–Crippen MR) is 64.6 cm³/mol. The second-order valence-electron chi connectivity index (χ2n) is 7.21. The van der Waals surface area contributed by atoms with Crippen molar-refractivity contribution < 1.29 is 0 Å². The fourth-order valence-electron chi connectivity index (χ4n) is 5.34. The summed E-state index contributed by atoms with van der Waals surface area (Å²) in [5, 5.41) is 0. The van der Waals surface area contributed by atoms with Crippen LogP contribution < -0.4 is 0 Å². The van der Waals surface area contributed by atoms with E-state index >= 15 is 0 Å². The SMILES string of the molecule is CC1=CC2CC(C)(C)CC23[C@@H]1CC[C@@H]3C. The lowest BCUT2D eigenvalue weighted by molar-refractivity contribution is 0.135. The smallest absolute Gasteiger partial charge is 0.0138 e. The van der Waals surface area contributed by atoms with Gasteiger partial charge in [0.1, 0.15) is 0 Å². The molecule has 0 radical (unpaired) electrons. The summed E-state index contributed by atoms with van der Waals surface area (Å²) in [6.45, 7) is 9.85. The Morgan fingerprint density at radius 3 is 2.73 bits per heavy atom. The fourth-order valence-corrected chi connectivity index (χ4v) is 5.34. The van der Waals surface area contributed by atoms with Crippen LogP contribution in [0.5, 0.6) is 0 Å². The van der Waals surface area contributed by atoms with E-state index in [1.165, 1.54) is 25.7 Å². The second-order valence-corrected chi connectivity index (χ2v) is 7.21. The molecule has 3 aliphatic carbocycles. The van der Waals surface area contributed by atoms with Gasteiger partial charge in [-0.2, -0.15) is 0 Å². The third-order valence-electron chi connectivity index (χ3n) is 5.72. The Morgan fingerprint density at radius 1 is 1.27 bits per heavy atom. The summed E-state index contributed by atoms with van der Waals surface area (Å²) in [7, 11) is 0. The van der Waals surface area contributed by atoms with Crippen LogP contribution in [0.4, 0.5) is 0 Å². The van der Waals surface area contributed by atoms with E-state index in [1.807, 2.05) is 0 Å². The van der Waals surface area contributed by atoms with Crippen LogP contribution in [0, 0.1) is 28.6 Å². The maximum absolute atomic E-state index is 2.63. The molecule has 84 valence electrons. The quantitative estimate of drug-likeness (QED) is 0.513. The molecule has 0 saturated heterocycles. The minimum Gasteiger partial charge on any atom is -0.0816 e. The first-order chi connectivity index (χ1) is 6.96. The predicted octanol–water partition coefficient (Wildman–Crippen LogP) is 4.42. The summed E-state index contributed by atoms with van der Waals surface area (Å²) < 4.78 is 0. The summed E-state index contributed by atoms with van der Waals surface area (Å²) in [6.07, 6.45) is 8.49. The maximum Gasteiger partial charge on any atom is -0.0138 e. The Kier molecular flexibility index (Phi) is 1.79. The Balaban J connectivity index is 2.05. The Labute approximate surface area is 94.1 Å². The van der Waals surface area contributed by atoms with Gasteiger partial charge in [-0.15, -0.1) is 0 Å². The van der Waals surface area contributed by atoms with Gasteiger partial charge < -0.3 is 0 Å². The molecule has 0 nitrogen and oxygen atoms in total. The molecule has 0 bridgehead atoms. The van der Waals surface area contributed by atoms with E-state index in [9.17, 15) is 0 Å². The normalized spacial score (nSPS) is 51.5. The molecule has 2 fully saturated rings. The molecule has 0 aromatic rings. The van der Waals surface area contributed by atoms with Crippen LogP contribution in [0.25, 0.3) is 0 Å². The van der Waals surface area contributed by atoms with Gasteiger partial charge in [-0.1, -0.05) is 32.4 Å². The molecule has 0 aliphatic heterocycles. The molecule has 15 heavy (non-hydrogen) atoms. The molecular formula is C15H24. The molecule has 3 aliphatic rings. The lowest BCUT2D eigenvalue weighted by Gasteiger charge is -2.36. The van der Waals surface area contributed by atoms with E-state index in [2.05, 4.69) is 33.8 Å². The van der Waals surface area contributed by atoms with Crippen molar-refractivity contribution in [1.29, 1.82) is 0 Å². The van der Waals surface area contributed by atoms with Gasteiger partial charge in [0.15, 0.2) is 0 Å². The largest absolute Gasteiger partial charge is 0.0816 e. The fraction of sp³-hybridized carbons (Fsp3) is 0.867. The Bertz CT molecular complexity index is 323. The van der Waals surface area contributed by atoms with E-state index < -0.39 is 0 Å². The van der Waals surface area contributed by atoms with Crippen molar-refractivity contribution in [3.63, 3.8) is 0 Å². The Hall–Kier alpha value is -0.260. The van der Waals surface area contributed by atoms with Gasteiger partial charge in [0.05, 0.1) is 0 Å². The zero-order chi connectivity index (χ0) is 10.8. The maximum atomic E-state index is 2.63. The van der Waals surface area contributed by atoms with Crippen LogP contribution in [0.1, 0.15) is 53.4 Å². The third-order valence-corrected chi connectivity index (χ3v) is 5.72. The second kappa shape index (κ2) is 2.70. The number of allylic oxidation sites excluding steroid dienone is 2. The molecule has 4 atom stereocenters. The van der Waals surface area contributed by atoms with Gasteiger partial charge >= 0.3 is 0 Å². The van der Waals surface area contributed by atoms with Gasteiger partial charge in [0.25, 0.3) is 0 Å². The van der Waals surface area contributed by atoms with Crippen molar-refractivity contribution in [3.05, 3.63) is 11.6 Å². The van der Waals surface area contributed by atoms with E-state index in [1.54, 1.807) is 5.57 Å². The zero-order valence-corrected chi connectivity index (χ0v) is 10.6. The Morgan fingerprint density at radius 2 is 2.00 bits per heavy atom. The molecule has 2 unspecified atom stereocenters. The van der Waals surface area contributed by atoms with Crippen LogP contribution in [0.15, 0.2) is 11.6 Å². The van der Waals surface area contributed by atoms with E-state index in [0.29, 0.717) is 10.8 Å². The topological polar surface area (TPSA) is 0 Å². The number of rotatable bonds is 0. The minimum atomic E-state index is 0.596. The molecule has 0 heterocycles. The first-order valence-corrected chi connectivity index (χ1v) is 6.64. The average molecular weight is 204 g/mol. The van der Waals surface area contributed by atoms with Crippen molar-refractivity contribution in [1.82, 2.24) is 0 Å². The first-order valence-electron chi connectivity index (χ1n) is 6.64. The van der Waals surface area contributed by atoms with Crippen molar-refractivity contribution in [2.24, 2.45) is 28.6 Å². The van der Waals surface area contributed by atoms with E-state index in [0.717, 1.165) is 17.8 Å². The van der Waals surface area contributed by atoms with Crippen LogP contribution >= 0.6 is 0 Å². The minimum absolute atomic E-state index is 0.596. The van der Waals surface area contributed by atoms with Gasteiger partial charge in [-0.05, 0) is 61.2 Å². The third kappa shape index (κ3) is 1.09. The van der Waals surface area contributed by atoms with Crippen LogP contribution in [-0.4, -0.2) is 0 Å². The lowest BCUT2D eigenvalue weighted by Crippen LogP contribution is -2.31. The molecule has 0 N–H and O–H groups in total. The molecule has 0 heteroatoms. The van der Waals surface area contributed by atoms with Crippen molar-refractivity contribution >= 4 is 0 Å². The van der Waals surface area contributed by atoms with E-state index in [4.69, 9.17) is 0 Å². The highest BCUT2D eigenvalue weighted by atomic mass is 14.7. The summed E-state index contributed by atoms with van der Waals surface area (Å²) in [4.78, 5) is 0. The van der Waals surface area contributed by atoms with Crippen LogP contribution in [0.3, 0.4) is 0 Å². The highest BCUT2D eigenvalue weighted by Crippen LogP contribution is 2.70. The molecule has 0 aromatic heterocycles. The van der Waals surface area contributed by atoms with Gasteiger partial charge in [-0.3, -0.25) is 0 Å². The monoisotopic (exact) mass is 204 g/mol. The highest BCUT2D eigenvalue weighted by molar-refractivity contribution is 5.28. The average Bonchev–Trinajstić information content (AvgIpc) is 2.61. The number of hydrogen-bond acceptors (Lipinski definition) is 0. The van der Waals surface area contributed by atoms with Crippen molar-refractivity contribution in [3.8, 4) is 0 Å². The van der Waals surface area contributed by atoms with Crippen LogP contribution in [-0.2, 0) is 0 Å². The summed E-state index contributed by atoms with van der Waals surface area (Å²) in [6, 6.07) is 0. The van der Waals surface area contributed by atoms with Gasteiger partial charge in [0.2, 0.25) is 0 Å².